The lowest BCUT2D eigenvalue weighted by Crippen LogP contribution is -2.40. The highest BCUT2D eigenvalue weighted by Gasteiger charge is 2.29. The normalized spacial score (nSPS) is 19.5. The maximum Gasteiger partial charge on any atom is 0.193 e. The van der Waals surface area contributed by atoms with Gasteiger partial charge in [-0.3, -0.25) is 4.99 Å². The Bertz CT molecular complexity index is 400. The van der Waals surface area contributed by atoms with E-state index in [1.165, 1.54) is 0 Å². The van der Waals surface area contributed by atoms with Crippen LogP contribution in [0.15, 0.2) is 35.3 Å². The second-order valence-electron chi connectivity index (χ2n) is 4.53. The number of nitrogens with two attached hydrogens (primary N) is 1. The molecule has 2 rings (SSSR count). The summed E-state index contributed by atoms with van der Waals surface area (Å²) in [5.74, 6) is 0.320. The Labute approximate surface area is 107 Å². The summed E-state index contributed by atoms with van der Waals surface area (Å²) in [4.78, 5) is 4.19. The molecule has 1 fully saturated rings. The van der Waals surface area contributed by atoms with Crippen molar-refractivity contribution in [1.29, 1.82) is 0 Å². The molecule has 0 aliphatic carbocycles. The molecule has 18 heavy (non-hydrogen) atoms. The van der Waals surface area contributed by atoms with Gasteiger partial charge in [0.05, 0.1) is 12.1 Å². The van der Waals surface area contributed by atoms with Crippen LogP contribution in [0.4, 0.5) is 5.69 Å². The number of aliphatic imine (C=N–C) groups is 1. The summed E-state index contributed by atoms with van der Waals surface area (Å²) < 4.78 is 5.21. The van der Waals surface area contributed by atoms with Crippen molar-refractivity contribution >= 4 is 11.6 Å². The zero-order chi connectivity index (χ0) is 12.8. The van der Waals surface area contributed by atoms with Crippen molar-refractivity contribution in [2.75, 3.05) is 25.1 Å². The highest BCUT2D eigenvalue weighted by molar-refractivity contribution is 5.92. The monoisotopic (exact) mass is 249 g/mol. The van der Waals surface area contributed by atoms with E-state index in [0.717, 1.165) is 5.69 Å². The molecule has 1 aromatic rings. The van der Waals surface area contributed by atoms with Gasteiger partial charge < -0.3 is 20.9 Å². The van der Waals surface area contributed by atoms with Gasteiger partial charge in [0.25, 0.3) is 0 Å². The fraction of sp³-hybridized carbons (Fsp3) is 0.462. The van der Waals surface area contributed by atoms with Gasteiger partial charge in [-0.25, -0.2) is 0 Å². The molecule has 0 bridgehead atoms. The first-order valence-electron chi connectivity index (χ1n) is 6.10. The molecule has 0 atom stereocenters. The predicted octanol–water partition coefficient (Wildman–Crippen LogP) is 0.955. The van der Waals surface area contributed by atoms with E-state index in [4.69, 9.17) is 10.5 Å². The molecular formula is C13H19N3O2. The fourth-order valence-corrected chi connectivity index (χ4v) is 1.85. The molecule has 1 saturated heterocycles. The molecule has 5 heteroatoms. The first kappa shape index (κ1) is 12.9. The summed E-state index contributed by atoms with van der Waals surface area (Å²) in [6, 6.07) is 9.59. The first-order valence-corrected chi connectivity index (χ1v) is 6.10. The van der Waals surface area contributed by atoms with Crippen LogP contribution >= 0.6 is 0 Å². The lowest BCUT2D eigenvalue weighted by atomic mass is 9.95. The Balaban J connectivity index is 1.88. The number of nitrogens with one attached hydrogen (secondary N) is 1. The Morgan fingerprint density at radius 2 is 2.00 bits per heavy atom. The van der Waals surface area contributed by atoms with Crippen LogP contribution in [0.25, 0.3) is 0 Å². The van der Waals surface area contributed by atoms with E-state index >= 15 is 0 Å². The molecule has 0 unspecified atom stereocenters. The van der Waals surface area contributed by atoms with Gasteiger partial charge in [-0.05, 0) is 12.1 Å². The third-order valence-corrected chi connectivity index (χ3v) is 3.01. The molecule has 0 radical (unpaired) electrons. The minimum atomic E-state index is -0.777. The zero-order valence-electron chi connectivity index (χ0n) is 10.3. The predicted molar refractivity (Wildman–Crippen MR) is 71.6 cm³/mol. The summed E-state index contributed by atoms with van der Waals surface area (Å²) in [6.45, 7) is 1.47. The van der Waals surface area contributed by atoms with Crippen molar-refractivity contribution in [1.82, 2.24) is 0 Å². The van der Waals surface area contributed by atoms with Gasteiger partial charge in [-0.15, -0.1) is 0 Å². The molecular weight excluding hydrogens is 230 g/mol. The quantitative estimate of drug-likeness (QED) is 0.550. The Morgan fingerprint density at radius 3 is 2.67 bits per heavy atom. The van der Waals surface area contributed by atoms with Crippen LogP contribution in [-0.4, -0.2) is 36.4 Å². The fourth-order valence-electron chi connectivity index (χ4n) is 1.85. The topological polar surface area (TPSA) is 79.9 Å². The van der Waals surface area contributed by atoms with E-state index < -0.39 is 5.60 Å². The van der Waals surface area contributed by atoms with E-state index in [1.54, 1.807) is 0 Å². The number of nitrogens with zero attached hydrogens (tertiary/aromatic N) is 1. The molecule has 98 valence electrons. The Morgan fingerprint density at radius 1 is 1.33 bits per heavy atom. The van der Waals surface area contributed by atoms with Gasteiger partial charge in [-0.2, -0.15) is 0 Å². The van der Waals surface area contributed by atoms with Crippen molar-refractivity contribution in [3.63, 3.8) is 0 Å². The minimum Gasteiger partial charge on any atom is -0.388 e. The van der Waals surface area contributed by atoms with Crippen LogP contribution < -0.4 is 11.1 Å². The zero-order valence-corrected chi connectivity index (χ0v) is 10.3. The van der Waals surface area contributed by atoms with E-state index in [0.29, 0.717) is 38.6 Å². The summed E-state index contributed by atoms with van der Waals surface area (Å²) in [6.07, 6.45) is 1.21. The van der Waals surface area contributed by atoms with Crippen molar-refractivity contribution in [3.05, 3.63) is 30.3 Å². The molecule has 1 aromatic carbocycles. The summed E-state index contributed by atoms with van der Waals surface area (Å²) in [7, 11) is 0. The number of hydrogen-bond donors (Lipinski definition) is 3. The van der Waals surface area contributed by atoms with Gasteiger partial charge in [0.1, 0.15) is 0 Å². The molecule has 4 N–H and O–H groups in total. The maximum atomic E-state index is 10.2. The van der Waals surface area contributed by atoms with Gasteiger partial charge >= 0.3 is 0 Å². The third-order valence-electron chi connectivity index (χ3n) is 3.01. The number of benzene rings is 1. The Hall–Kier alpha value is -1.59. The third kappa shape index (κ3) is 3.72. The van der Waals surface area contributed by atoms with Crippen molar-refractivity contribution in [3.8, 4) is 0 Å². The number of aliphatic hydroxyl groups is 1. The number of anilines is 1. The average molecular weight is 249 g/mol. The second-order valence-corrected chi connectivity index (χ2v) is 4.53. The van der Waals surface area contributed by atoms with Crippen LogP contribution in [0.3, 0.4) is 0 Å². The smallest absolute Gasteiger partial charge is 0.193 e. The van der Waals surface area contributed by atoms with Crippen LogP contribution in [0, 0.1) is 0 Å². The lowest BCUT2D eigenvalue weighted by molar-refractivity contribution is -0.0565. The SMILES string of the molecule is NC(=NCC1(O)CCOCC1)Nc1ccccc1. The Kier molecular flexibility index (Phi) is 4.17. The van der Waals surface area contributed by atoms with Crippen LogP contribution in [-0.2, 0) is 4.74 Å². The maximum absolute atomic E-state index is 10.2. The largest absolute Gasteiger partial charge is 0.388 e. The van der Waals surface area contributed by atoms with Crippen molar-refractivity contribution in [2.45, 2.75) is 18.4 Å². The van der Waals surface area contributed by atoms with Gasteiger partial charge in [0.2, 0.25) is 0 Å². The standard InChI is InChI=1S/C13H19N3O2/c14-12(16-11-4-2-1-3-5-11)15-10-13(17)6-8-18-9-7-13/h1-5,17H,6-10H2,(H3,14,15,16). The molecule has 0 aromatic heterocycles. The molecule has 0 amide bonds. The molecule has 1 aliphatic heterocycles. The lowest BCUT2D eigenvalue weighted by Gasteiger charge is -2.30. The first-order chi connectivity index (χ1) is 8.68. The van der Waals surface area contributed by atoms with E-state index in [2.05, 4.69) is 10.3 Å². The van der Waals surface area contributed by atoms with Gasteiger partial charge in [0, 0.05) is 31.7 Å². The highest BCUT2D eigenvalue weighted by atomic mass is 16.5. The number of guanidine groups is 1. The molecule has 1 heterocycles. The van der Waals surface area contributed by atoms with E-state index in [1.807, 2.05) is 30.3 Å². The molecule has 5 nitrogen and oxygen atoms in total. The van der Waals surface area contributed by atoms with Crippen molar-refractivity contribution < 1.29 is 9.84 Å². The van der Waals surface area contributed by atoms with E-state index in [-0.39, 0.29) is 0 Å². The number of rotatable bonds is 3. The number of hydrogen-bond acceptors (Lipinski definition) is 3. The van der Waals surface area contributed by atoms with Crippen LogP contribution in [0.5, 0.6) is 0 Å². The summed E-state index contributed by atoms with van der Waals surface area (Å²) in [5.41, 5.74) is 5.89. The molecule has 0 saturated carbocycles. The second kappa shape index (κ2) is 5.84. The van der Waals surface area contributed by atoms with Gasteiger partial charge in [-0.1, -0.05) is 18.2 Å². The van der Waals surface area contributed by atoms with Crippen molar-refractivity contribution in [2.24, 2.45) is 10.7 Å². The van der Waals surface area contributed by atoms with Gasteiger partial charge in [0.15, 0.2) is 5.96 Å². The minimum absolute atomic E-state index is 0.308. The summed E-state index contributed by atoms with van der Waals surface area (Å²) in [5, 5.41) is 13.2. The average Bonchev–Trinajstić information content (AvgIpc) is 2.39. The van der Waals surface area contributed by atoms with Crippen LogP contribution in [0.2, 0.25) is 0 Å². The molecule has 0 spiro atoms. The number of para-hydroxylation sites is 1. The number of ether oxygens (including phenoxy) is 1. The van der Waals surface area contributed by atoms with E-state index in [9.17, 15) is 5.11 Å². The molecule has 1 aliphatic rings. The highest BCUT2D eigenvalue weighted by Crippen LogP contribution is 2.20. The summed E-state index contributed by atoms with van der Waals surface area (Å²) >= 11 is 0. The van der Waals surface area contributed by atoms with Crippen LogP contribution in [0.1, 0.15) is 12.8 Å².